The molecule has 7 aromatic carbocycles. The van der Waals surface area contributed by atoms with E-state index in [-0.39, 0.29) is 85.5 Å². The van der Waals surface area contributed by atoms with Gasteiger partial charge in [-0.3, -0.25) is 43.2 Å². The van der Waals surface area contributed by atoms with Crippen LogP contribution in [0.2, 0.25) is 5.02 Å². The van der Waals surface area contributed by atoms with Crippen LogP contribution in [0.3, 0.4) is 0 Å². The maximum absolute atomic E-state index is 13.1. The molecule has 0 saturated carbocycles. The first-order chi connectivity index (χ1) is 36.0. The van der Waals surface area contributed by atoms with Crippen LogP contribution in [0, 0.1) is 6.92 Å². The first kappa shape index (κ1) is 51.6. The highest BCUT2D eigenvalue weighted by atomic mass is 35.5. The predicted octanol–water partition coefficient (Wildman–Crippen LogP) is 10.6. The number of carbonyl (C=O) groups excluding carboxylic acids is 9. The Morgan fingerprint density at radius 3 is 1.04 bits per heavy atom. The highest BCUT2D eigenvalue weighted by Gasteiger charge is 2.36. The maximum atomic E-state index is 13.1. The molecule has 0 aliphatic heterocycles. The average molecular weight is 1010 g/mol. The average Bonchev–Trinajstić information content (AvgIpc) is 3.40. The van der Waals surface area contributed by atoms with Gasteiger partial charge >= 0.3 is 0 Å². The fourth-order valence-electron chi connectivity index (χ4n) is 8.52. The van der Waals surface area contributed by atoms with Crippen molar-refractivity contribution in [2.24, 2.45) is 0 Å². The molecule has 10 rings (SSSR count). The molecule has 370 valence electrons. The second-order valence-corrected chi connectivity index (χ2v) is 17.7. The Labute approximate surface area is 435 Å². The van der Waals surface area contributed by atoms with E-state index in [9.17, 15) is 43.2 Å². The van der Waals surface area contributed by atoms with Crippen molar-refractivity contribution >= 4 is 80.7 Å². The van der Waals surface area contributed by atoms with E-state index in [0.717, 1.165) is 5.56 Å². The number of halogens is 1. The monoisotopic (exact) mass is 1010 g/mol. The minimum Gasteiger partial charge on any atom is -0.457 e. The lowest BCUT2D eigenvalue weighted by Gasteiger charge is -2.21. The van der Waals surface area contributed by atoms with Gasteiger partial charge in [0.15, 0.2) is 17.3 Å². The number of allylic oxidation sites excluding steroid dienone is 6. The van der Waals surface area contributed by atoms with E-state index < -0.39 is 11.8 Å². The third kappa shape index (κ3) is 11.2. The molecule has 0 saturated heterocycles. The van der Waals surface area contributed by atoms with E-state index in [0.29, 0.717) is 55.5 Å². The number of Topliss-reactive ketones (excluding diaryl/α,β-unsaturated/α-hetero) is 6. The predicted molar refractivity (Wildman–Crippen MR) is 283 cm³/mol. The number of amides is 3. The second-order valence-electron chi connectivity index (χ2n) is 17.2. The Morgan fingerprint density at radius 2 is 0.680 bits per heavy atom. The van der Waals surface area contributed by atoms with E-state index in [1.54, 1.807) is 133 Å². The van der Waals surface area contributed by atoms with Gasteiger partial charge in [0, 0.05) is 59.2 Å². The second kappa shape index (κ2) is 22.4. The summed E-state index contributed by atoms with van der Waals surface area (Å²) in [5, 5.41) is 8.02. The Kier molecular flexibility index (Phi) is 15.4. The van der Waals surface area contributed by atoms with Gasteiger partial charge in [0.05, 0.1) is 16.7 Å². The number of nitrogens with one attached hydrogen (secondary N) is 3. The molecule has 0 unspecified atom stereocenters. The molecule has 75 heavy (non-hydrogen) atoms. The van der Waals surface area contributed by atoms with E-state index in [4.69, 9.17) is 16.3 Å². The zero-order valence-corrected chi connectivity index (χ0v) is 41.5. The summed E-state index contributed by atoms with van der Waals surface area (Å²) in [5.74, 6) is -1.91. The van der Waals surface area contributed by atoms with Crippen molar-refractivity contribution in [2.75, 3.05) is 0 Å². The number of hydrogen-bond acceptors (Lipinski definition) is 10. The molecule has 3 N–H and O–H groups in total. The molecule has 3 amide bonds. The van der Waals surface area contributed by atoms with Crippen LogP contribution in [-0.2, 0) is 14.4 Å². The summed E-state index contributed by atoms with van der Waals surface area (Å²) < 4.78 is 5.78. The summed E-state index contributed by atoms with van der Waals surface area (Å²) in [7, 11) is 0. The van der Waals surface area contributed by atoms with Crippen LogP contribution in [0.4, 0.5) is 0 Å². The van der Waals surface area contributed by atoms with Crippen LogP contribution in [0.1, 0.15) is 105 Å². The standard InChI is InChI=1S/C24H17NO4.C19H15NO3.C18H12ClNO3/c1-15(26)25-22-21(23(27)19-9-5-6-10-20(19)24(22)28)16-11-13-18(14-12-16)29-17-7-3-2-4-8-17;1-11-7-9-13(10-8-11)16-17(20-12(2)21)19(23)15-6-4-3-5-14(15)18(16)22;1-10(21)20-16-15(11-5-4-6-12(19)9-11)17(22)13-7-2-3-8-14(13)18(16)23/h2-14H,1H3,(H,25,26);3-10H,1-2H3,(H,20,21);2-9H,1H3,(H,20,21). The van der Waals surface area contributed by atoms with Crippen LogP contribution >= 0.6 is 11.6 Å². The molecule has 0 aromatic heterocycles. The Hall–Kier alpha value is -9.72. The normalized spacial score (nSPS) is 13.6. The molecule has 0 fully saturated rings. The number of fused-ring (bicyclic) bond motifs is 3. The summed E-state index contributed by atoms with van der Waals surface area (Å²) in [5.41, 5.74) is 5.19. The molecule has 3 aliphatic rings. The number of hydrogen-bond donors (Lipinski definition) is 3. The molecule has 0 spiro atoms. The van der Waals surface area contributed by atoms with E-state index in [1.807, 2.05) is 49.4 Å². The van der Waals surface area contributed by atoms with Crippen molar-refractivity contribution in [1.29, 1.82) is 0 Å². The van der Waals surface area contributed by atoms with Crippen LogP contribution < -0.4 is 20.7 Å². The van der Waals surface area contributed by atoms with Crippen LogP contribution in [-0.4, -0.2) is 52.4 Å². The van der Waals surface area contributed by atoms with Gasteiger partial charge in [-0.15, -0.1) is 0 Å². The topological polar surface area (TPSA) is 199 Å². The summed E-state index contributed by atoms with van der Waals surface area (Å²) in [6.45, 7) is 5.86. The molecule has 0 heterocycles. The summed E-state index contributed by atoms with van der Waals surface area (Å²) >= 11 is 6.00. The van der Waals surface area contributed by atoms with Gasteiger partial charge in [0.2, 0.25) is 35.1 Å². The van der Waals surface area contributed by atoms with Crippen molar-refractivity contribution in [3.63, 3.8) is 0 Å². The van der Waals surface area contributed by atoms with Crippen LogP contribution in [0.15, 0.2) is 193 Å². The minimum absolute atomic E-state index is 0.00192. The number of aryl methyl sites for hydroxylation is 1. The zero-order chi connectivity index (χ0) is 53.5. The highest BCUT2D eigenvalue weighted by molar-refractivity contribution is 6.43. The molecule has 3 aliphatic carbocycles. The largest absolute Gasteiger partial charge is 0.457 e. The molecule has 7 aromatic rings. The quantitative estimate of drug-likeness (QED) is 0.132. The highest BCUT2D eigenvalue weighted by Crippen LogP contribution is 2.35. The first-order valence-electron chi connectivity index (χ1n) is 23.3. The Balaban J connectivity index is 0.000000151. The number of para-hydroxylation sites is 1. The minimum atomic E-state index is -0.417. The number of ketones is 6. The van der Waals surface area contributed by atoms with Gasteiger partial charge in [0.1, 0.15) is 28.6 Å². The van der Waals surface area contributed by atoms with Gasteiger partial charge in [-0.25, -0.2) is 0 Å². The molecule has 0 radical (unpaired) electrons. The lowest BCUT2D eigenvalue weighted by molar-refractivity contribution is -0.119. The zero-order valence-electron chi connectivity index (χ0n) is 40.7. The van der Waals surface area contributed by atoms with E-state index >= 15 is 0 Å². The maximum Gasteiger partial charge on any atom is 0.221 e. The molecule has 0 bridgehead atoms. The summed E-state index contributed by atoms with van der Waals surface area (Å²) in [6, 6.07) is 49.9. The summed E-state index contributed by atoms with van der Waals surface area (Å²) in [4.78, 5) is 112. The van der Waals surface area contributed by atoms with Gasteiger partial charge in [0.25, 0.3) is 0 Å². The van der Waals surface area contributed by atoms with Crippen molar-refractivity contribution in [3.8, 4) is 11.5 Å². The van der Waals surface area contributed by atoms with Crippen molar-refractivity contribution < 1.29 is 47.9 Å². The van der Waals surface area contributed by atoms with Crippen molar-refractivity contribution in [2.45, 2.75) is 27.7 Å². The van der Waals surface area contributed by atoms with E-state index in [2.05, 4.69) is 16.0 Å². The molecule has 13 nitrogen and oxygen atoms in total. The van der Waals surface area contributed by atoms with Gasteiger partial charge in [-0.2, -0.15) is 0 Å². The van der Waals surface area contributed by atoms with Gasteiger partial charge in [-0.05, 0) is 60.0 Å². The van der Waals surface area contributed by atoms with Gasteiger partial charge in [-0.1, -0.05) is 157 Å². The molecular weight excluding hydrogens is 970 g/mol. The van der Waals surface area contributed by atoms with Gasteiger partial charge < -0.3 is 20.7 Å². The number of carbonyl (C=O) groups is 9. The van der Waals surface area contributed by atoms with Crippen LogP contribution in [0.25, 0.3) is 16.7 Å². The Bertz CT molecular complexity index is 3650. The lowest BCUT2D eigenvalue weighted by Crippen LogP contribution is -2.32. The van der Waals surface area contributed by atoms with Crippen LogP contribution in [0.5, 0.6) is 11.5 Å². The fraction of sp³-hybridized carbons (Fsp3) is 0.0656. The van der Waals surface area contributed by atoms with E-state index in [1.165, 1.54) is 20.8 Å². The lowest BCUT2D eigenvalue weighted by atomic mass is 9.84. The molecule has 0 atom stereocenters. The van der Waals surface area contributed by atoms with Crippen molar-refractivity contribution in [1.82, 2.24) is 16.0 Å². The number of ether oxygens (including phenoxy) is 1. The Morgan fingerprint density at radius 1 is 0.360 bits per heavy atom. The molecule has 14 heteroatoms. The summed E-state index contributed by atoms with van der Waals surface area (Å²) in [6.07, 6.45) is 0. The number of benzene rings is 7. The third-order valence-corrected chi connectivity index (χ3v) is 12.1. The molecular formula is C61H44ClN3O10. The fourth-order valence-corrected chi connectivity index (χ4v) is 8.71. The SMILES string of the molecule is CC(=O)NC1=C(c2ccc(C)cc2)C(=O)c2ccccc2C1=O.CC(=O)NC1=C(c2ccc(Oc3ccccc3)cc2)C(=O)c2ccccc2C1=O.CC(=O)NC1=C(c2cccc(Cl)c2)C(=O)c2ccccc2C1=O. The first-order valence-corrected chi connectivity index (χ1v) is 23.7. The smallest absolute Gasteiger partial charge is 0.221 e. The van der Waals surface area contributed by atoms with Crippen molar-refractivity contribution in [3.05, 3.63) is 254 Å². The number of rotatable bonds is 8. The third-order valence-electron chi connectivity index (χ3n) is 11.8.